The van der Waals surface area contributed by atoms with Crippen LogP contribution in [-0.4, -0.2) is 60.9 Å². The number of likely N-dealkylation sites (tertiary alicyclic amines) is 1. The summed E-state index contributed by atoms with van der Waals surface area (Å²) in [5, 5.41) is 9.21. The first-order valence-corrected chi connectivity index (χ1v) is 11.0. The minimum absolute atomic E-state index is 0.110. The zero-order chi connectivity index (χ0) is 22.8. The molecule has 0 aliphatic carbocycles. The lowest BCUT2D eigenvalue weighted by Crippen LogP contribution is -2.41. The Bertz CT molecular complexity index is 931. The van der Waals surface area contributed by atoms with Crippen molar-refractivity contribution in [3.8, 4) is 0 Å². The van der Waals surface area contributed by atoms with Crippen molar-refractivity contribution in [3.05, 3.63) is 59.8 Å². The van der Waals surface area contributed by atoms with Gasteiger partial charge >= 0.3 is 0 Å². The molecular formula is C24H32N6O2. The highest BCUT2D eigenvalue weighted by atomic mass is 16.2. The Morgan fingerprint density at radius 3 is 2.72 bits per heavy atom. The van der Waals surface area contributed by atoms with E-state index >= 15 is 0 Å². The van der Waals surface area contributed by atoms with Crippen LogP contribution in [-0.2, 0) is 16.0 Å². The van der Waals surface area contributed by atoms with Gasteiger partial charge in [-0.25, -0.2) is 4.98 Å². The standard InChI is InChI=1S/C24H32N6O2/c1-18-7-6-10-21(28-18)29-22(31)11-13-26-24(25-2)27-16-20-15-23(32)30(17-20)14-12-19-8-4-3-5-9-19/h3-10,20H,11-17H2,1-2H3,(H2,25,26,27)(H,28,29,31). The molecule has 2 heterocycles. The molecule has 3 rings (SSSR count). The number of nitrogens with one attached hydrogen (secondary N) is 3. The lowest BCUT2D eigenvalue weighted by molar-refractivity contribution is -0.127. The zero-order valence-electron chi connectivity index (χ0n) is 18.8. The van der Waals surface area contributed by atoms with E-state index in [1.165, 1.54) is 5.56 Å². The molecule has 0 bridgehead atoms. The molecule has 2 aromatic rings. The Balaban J connectivity index is 1.34. The SMILES string of the molecule is CN=C(NCCC(=O)Nc1cccc(C)n1)NCC1CC(=O)N(CCc2ccccc2)C1. The molecule has 1 fully saturated rings. The zero-order valence-corrected chi connectivity index (χ0v) is 18.8. The van der Waals surface area contributed by atoms with Gasteiger partial charge in [-0.2, -0.15) is 0 Å². The first-order valence-electron chi connectivity index (χ1n) is 11.0. The largest absolute Gasteiger partial charge is 0.356 e. The summed E-state index contributed by atoms with van der Waals surface area (Å²) in [6, 6.07) is 15.7. The van der Waals surface area contributed by atoms with Gasteiger partial charge in [-0.3, -0.25) is 14.6 Å². The van der Waals surface area contributed by atoms with Gasteiger partial charge in [-0.05, 0) is 31.0 Å². The maximum Gasteiger partial charge on any atom is 0.227 e. The number of aryl methyl sites for hydroxylation is 1. The third-order valence-electron chi connectivity index (χ3n) is 5.39. The van der Waals surface area contributed by atoms with Crippen molar-refractivity contribution in [1.29, 1.82) is 0 Å². The number of carbonyl (C=O) groups excluding carboxylic acids is 2. The third-order valence-corrected chi connectivity index (χ3v) is 5.39. The molecular weight excluding hydrogens is 404 g/mol. The number of amides is 2. The molecule has 0 spiro atoms. The molecule has 170 valence electrons. The molecule has 0 saturated carbocycles. The predicted molar refractivity (Wildman–Crippen MR) is 126 cm³/mol. The number of benzene rings is 1. The molecule has 32 heavy (non-hydrogen) atoms. The van der Waals surface area contributed by atoms with Gasteiger partial charge in [0.25, 0.3) is 0 Å². The van der Waals surface area contributed by atoms with Crippen LogP contribution in [0.5, 0.6) is 0 Å². The molecule has 2 amide bonds. The number of pyridine rings is 1. The maximum absolute atomic E-state index is 12.3. The molecule has 8 nitrogen and oxygen atoms in total. The predicted octanol–water partition coefficient (Wildman–Crippen LogP) is 1.97. The molecule has 1 unspecified atom stereocenters. The van der Waals surface area contributed by atoms with Gasteiger partial charge in [0, 0.05) is 57.7 Å². The molecule has 1 aromatic carbocycles. The number of nitrogens with zero attached hydrogens (tertiary/aromatic N) is 3. The number of carbonyl (C=O) groups is 2. The second kappa shape index (κ2) is 11.8. The fraction of sp³-hybridized carbons (Fsp3) is 0.417. The van der Waals surface area contributed by atoms with Crippen molar-refractivity contribution in [3.63, 3.8) is 0 Å². The van der Waals surface area contributed by atoms with Gasteiger partial charge in [-0.1, -0.05) is 36.4 Å². The van der Waals surface area contributed by atoms with Crippen LogP contribution in [0.4, 0.5) is 5.82 Å². The van der Waals surface area contributed by atoms with Crippen LogP contribution in [0.15, 0.2) is 53.5 Å². The Labute approximate surface area is 189 Å². The molecule has 1 atom stereocenters. The van der Waals surface area contributed by atoms with Crippen LogP contribution in [0, 0.1) is 12.8 Å². The first kappa shape index (κ1) is 23.2. The second-order valence-corrected chi connectivity index (χ2v) is 7.99. The number of anilines is 1. The summed E-state index contributed by atoms with van der Waals surface area (Å²) in [6.07, 6.45) is 1.71. The smallest absolute Gasteiger partial charge is 0.227 e. The number of aliphatic imine (C=N–C) groups is 1. The molecule has 1 aromatic heterocycles. The molecule has 1 aliphatic heterocycles. The number of aromatic nitrogens is 1. The average Bonchev–Trinajstić information content (AvgIpc) is 3.14. The monoisotopic (exact) mass is 436 g/mol. The van der Waals surface area contributed by atoms with E-state index in [9.17, 15) is 9.59 Å². The van der Waals surface area contributed by atoms with Crippen molar-refractivity contribution in [2.24, 2.45) is 10.9 Å². The number of hydrogen-bond acceptors (Lipinski definition) is 4. The van der Waals surface area contributed by atoms with Crippen molar-refractivity contribution in [2.75, 3.05) is 38.5 Å². The summed E-state index contributed by atoms with van der Waals surface area (Å²) in [4.78, 5) is 34.9. The molecule has 3 N–H and O–H groups in total. The summed E-state index contributed by atoms with van der Waals surface area (Å²) in [6.45, 7) is 4.49. The van der Waals surface area contributed by atoms with Crippen LogP contribution in [0.1, 0.15) is 24.1 Å². The lowest BCUT2D eigenvalue weighted by atomic mass is 10.1. The number of guanidine groups is 1. The van der Waals surface area contributed by atoms with E-state index in [1.54, 1.807) is 13.1 Å². The summed E-state index contributed by atoms with van der Waals surface area (Å²) in [5.41, 5.74) is 2.10. The fourth-order valence-corrected chi connectivity index (χ4v) is 3.69. The topological polar surface area (TPSA) is 98.7 Å². The third kappa shape index (κ3) is 7.37. The maximum atomic E-state index is 12.3. The van der Waals surface area contributed by atoms with Gasteiger partial charge in [-0.15, -0.1) is 0 Å². The minimum atomic E-state index is -0.110. The van der Waals surface area contributed by atoms with Crippen LogP contribution < -0.4 is 16.0 Å². The van der Waals surface area contributed by atoms with Gasteiger partial charge in [0.2, 0.25) is 11.8 Å². The number of hydrogen-bond donors (Lipinski definition) is 3. The van der Waals surface area contributed by atoms with Crippen LogP contribution >= 0.6 is 0 Å². The van der Waals surface area contributed by atoms with E-state index in [0.29, 0.717) is 37.7 Å². The Kier molecular flexibility index (Phi) is 8.60. The average molecular weight is 437 g/mol. The van der Waals surface area contributed by atoms with Crippen molar-refractivity contribution in [2.45, 2.75) is 26.2 Å². The van der Waals surface area contributed by atoms with Crippen molar-refractivity contribution >= 4 is 23.6 Å². The van der Waals surface area contributed by atoms with E-state index in [1.807, 2.05) is 42.2 Å². The van der Waals surface area contributed by atoms with E-state index in [4.69, 9.17) is 0 Å². The first-order chi connectivity index (χ1) is 15.5. The van der Waals surface area contributed by atoms with Gasteiger partial charge < -0.3 is 20.9 Å². The van der Waals surface area contributed by atoms with Crippen molar-refractivity contribution in [1.82, 2.24) is 20.5 Å². The lowest BCUT2D eigenvalue weighted by Gasteiger charge is -2.18. The highest BCUT2D eigenvalue weighted by Gasteiger charge is 2.29. The molecule has 8 heteroatoms. The Morgan fingerprint density at radius 1 is 1.16 bits per heavy atom. The van der Waals surface area contributed by atoms with Gasteiger partial charge in [0.1, 0.15) is 5.82 Å². The van der Waals surface area contributed by atoms with Crippen LogP contribution in [0.3, 0.4) is 0 Å². The van der Waals surface area contributed by atoms with E-state index in [2.05, 4.69) is 38.1 Å². The van der Waals surface area contributed by atoms with Gasteiger partial charge in [0.05, 0.1) is 0 Å². The molecule has 0 radical (unpaired) electrons. The Hall–Kier alpha value is -3.42. The van der Waals surface area contributed by atoms with E-state index in [-0.39, 0.29) is 17.7 Å². The van der Waals surface area contributed by atoms with Crippen molar-refractivity contribution < 1.29 is 9.59 Å². The minimum Gasteiger partial charge on any atom is -0.356 e. The summed E-state index contributed by atoms with van der Waals surface area (Å²) >= 11 is 0. The summed E-state index contributed by atoms with van der Waals surface area (Å²) < 4.78 is 0. The normalized spacial score (nSPS) is 16.2. The van der Waals surface area contributed by atoms with E-state index < -0.39 is 0 Å². The second-order valence-electron chi connectivity index (χ2n) is 7.99. The highest BCUT2D eigenvalue weighted by Crippen LogP contribution is 2.17. The molecule has 1 aliphatic rings. The van der Waals surface area contributed by atoms with Crippen LogP contribution in [0.25, 0.3) is 0 Å². The summed E-state index contributed by atoms with van der Waals surface area (Å²) in [7, 11) is 1.69. The highest BCUT2D eigenvalue weighted by molar-refractivity contribution is 5.90. The summed E-state index contributed by atoms with van der Waals surface area (Å²) in [5.74, 6) is 1.52. The van der Waals surface area contributed by atoms with Crippen LogP contribution in [0.2, 0.25) is 0 Å². The quantitative estimate of drug-likeness (QED) is 0.412. The van der Waals surface area contributed by atoms with E-state index in [0.717, 1.165) is 25.2 Å². The van der Waals surface area contributed by atoms with Gasteiger partial charge in [0.15, 0.2) is 5.96 Å². The number of rotatable bonds is 9. The fourth-order valence-electron chi connectivity index (χ4n) is 3.69. The Morgan fingerprint density at radius 2 is 1.97 bits per heavy atom. The molecule has 1 saturated heterocycles.